The van der Waals surface area contributed by atoms with Gasteiger partial charge in [0.2, 0.25) is 3.79 Å². The predicted octanol–water partition coefficient (Wildman–Crippen LogP) is 1.25. The van der Waals surface area contributed by atoms with Gasteiger partial charge in [-0.3, -0.25) is 9.59 Å². The minimum absolute atomic E-state index is 0.157. The van der Waals surface area contributed by atoms with E-state index in [-0.39, 0.29) is 21.0 Å². The second-order valence-corrected chi connectivity index (χ2v) is 3.10. The van der Waals surface area contributed by atoms with Crippen LogP contribution in [0.1, 0.15) is 27.9 Å². The van der Waals surface area contributed by atoms with Crippen LogP contribution in [0.5, 0.6) is 0 Å². The van der Waals surface area contributed by atoms with Crippen LogP contribution in [-0.2, 0) is 0 Å². The van der Waals surface area contributed by atoms with Gasteiger partial charge in [-0.25, -0.2) is 9.97 Å². The van der Waals surface area contributed by atoms with Gasteiger partial charge in [0, 0.05) is 29.5 Å². The molecule has 0 aromatic carbocycles. The zero-order valence-electron chi connectivity index (χ0n) is 6.24. The molecule has 1 aromatic rings. The molecular weight excluding hydrogens is 271 g/mol. The first-order chi connectivity index (χ1) is 5.61. The number of carbonyl (C=O) groups excluding carboxylic acids is 2. The van der Waals surface area contributed by atoms with Crippen molar-refractivity contribution in [3.05, 3.63) is 23.8 Å². The summed E-state index contributed by atoms with van der Waals surface area (Å²) in [7, 11) is 0. The van der Waals surface area contributed by atoms with Crippen LogP contribution in [0.2, 0.25) is 0 Å². The van der Waals surface area contributed by atoms with Crippen LogP contribution >= 0.6 is 22.6 Å². The first kappa shape index (κ1) is 9.24. The number of rotatable bonds is 2. The Morgan fingerprint density at radius 1 is 1.25 bits per heavy atom. The van der Waals surface area contributed by atoms with E-state index in [0.29, 0.717) is 0 Å². The minimum atomic E-state index is -0.185. The standard InChI is InChI=1S/C7H5IN2O2/c1-4(11)5-2-10-6(3-9-5)7(8)12/h2-3H,1H3. The van der Waals surface area contributed by atoms with Crippen LogP contribution < -0.4 is 0 Å². The molecule has 0 bridgehead atoms. The van der Waals surface area contributed by atoms with Crippen LogP contribution in [0.3, 0.4) is 0 Å². The molecule has 0 radical (unpaired) electrons. The van der Waals surface area contributed by atoms with E-state index in [2.05, 4.69) is 9.97 Å². The molecule has 0 unspecified atom stereocenters. The summed E-state index contributed by atoms with van der Waals surface area (Å²) in [6.45, 7) is 1.40. The van der Waals surface area contributed by atoms with E-state index in [4.69, 9.17) is 0 Å². The molecular formula is C7H5IN2O2. The number of ketones is 1. The van der Waals surface area contributed by atoms with E-state index in [1.165, 1.54) is 19.3 Å². The van der Waals surface area contributed by atoms with E-state index < -0.39 is 0 Å². The first-order valence-corrected chi connectivity index (χ1v) is 4.22. The Balaban J connectivity index is 3.01. The monoisotopic (exact) mass is 276 g/mol. The smallest absolute Gasteiger partial charge is 0.242 e. The summed E-state index contributed by atoms with van der Waals surface area (Å²) in [5, 5.41) is 0. The van der Waals surface area contributed by atoms with Gasteiger partial charge >= 0.3 is 0 Å². The third kappa shape index (κ3) is 2.07. The van der Waals surface area contributed by atoms with Crippen LogP contribution in [0, 0.1) is 0 Å². The van der Waals surface area contributed by atoms with Gasteiger partial charge in [0.25, 0.3) is 0 Å². The molecule has 4 nitrogen and oxygen atoms in total. The summed E-state index contributed by atoms with van der Waals surface area (Å²) in [5.41, 5.74) is 0.539. The first-order valence-electron chi connectivity index (χ1n) is 3.14. The molecule has 0 fully saturated rings. The Hall–Kier alpha value is -0.850. The molecule has 12 heavy (non-hydrogen) atoms. The zero-order valence-corrected chi connectivity index (χ0v) is 8.40. The molecule has 1 aromatic heterocycles. The Kier molecular flexibility index (Phi) is 2.85. The molecule has 0 spiro atoms. The zero-order chi connectivity index (χ0) is 9.14. The number of aromatic nitrogens is 2. The van der Waals surface area contributed by atoms with E-state index in [1.54, 1.807) is 22.6 Å². The van der Waals surface area contributed by atoms with Crippen molar-refractivity contribution in [3.8, 4) is 0 Å². The van der Waals surface area contributed by atoms with Gasteiger partial charge in [-0.05, 0) is 0 Å². The largest absolute Gasteiger partial charge is 0.293 e. The van der Waals surface area contributed by atoms with Gasteiger partial charge in [-0.1, -0.05) is 0 Å². The van der Waals surface area contributed by atoms with Crippen molar-refractivity contribution in [2.45, 2.75) is 6.92 Å². The molecule has 1 heterocycles. The number of Topliss-reactive ketones (excluding diaryl/α,β-unsaturated/α-hetero) is 1. The van der Waals surface area contributed by atoms with Crippen molar-refractivity contribution in [2.24, 2.45) is 0 Å². The van der Waals surface area contributed by atoms with E-state index in [1.807, 2.05) is 0 Å². The van der Waals surface area contributed by atoms with Gasteiger partial charge in [-0.2, -0.15) is 0 Å². The highest BCUT2D eigenvalue weighted by molar-refractivity contribution is 14.1. The second-order valence-electron chi connectivity index (χ2n) is 2.12. The number of halogens is 1. The molecule has 0 aliphatic rings. The van der Waals surface area contributed by atoms with Crippen molar-refractivity contribution in [1.29, 1.82) is 0 Å². The Bertz CT molecular complexity index is 288. The van der Waals surface area contributed by atoms with E-state index in [0.717, 1.165) is 0 Å². The summed E-state index contributed by atoms with van der Waals surface area (Å²) in [6.07, 6.45) is 2.60. The lowest BCUT2D eigenvalue weighted by molar-refractivity contribution is 0.101. The number of hydrogen-bond donors (Lipinski definition) is 0. The molecule has 0 atom stereocenters. The van der Waals surface area contributed by atoms with Gasteiger partial charge in [-0.15, -0.1) is 0 Å². The summed E-state index contributed by atoms with van der Waals surface area (Å²) in [4.78, 5) is 29.0. The van der Waals surface area contributed by atoms with Crippen molar-refractivity contribution in [3.63, 3.8) is 0 Å². The van der Waals surface area contributed by atoms with Crippen molar-refractivity contribution in [1.82, 2.24) is 9.97 Å². The molecule has 0 saturated heterocycles. The van der Waals surface area contributed by atoms with Gasteiger partial charge in [0.1, 0.15) is 11.4 Å². The normalized spacial score (nSPS) is 9.50. The molecule has 0 amide bonds. The van der Waals surface area contributed by atoms with Gasteiger partial charge < -0.3 is 0 Å². The van der Waals surface area contributed by atoms with E-state index in [9.17, 15) is 9.59 Å². The Morgan fingerprint density at radius 3 is 2.08 bits per heavy atom. The number of nitrogens with zero attached hydrogens (tertiary/aromatic N) is 2. The topological polar surface area (TPSA) is 59.9 Å². The molecule has 1 rings (SSSR count). The molecule has 5 heteroatoms. The second kappa shape index (κ2) is 3.70. The summed E-state index contributed by atoms with van der Waals surface area (Å²) >= 11 is 1.61. The third-order valence-corrected chi connectivity index (χ3v) is 1.77. The molecule has 62 valence electrons. The van der Waals surface area contributed by atoms with Crippen LogP contribution in [-0.4, -0.2) is 19.5 Å². The number of hydrogen-bond acceptors (Lipinski definition) is 4. The Labute approximate surface area is 82.6 Å². The number of carbonyl (C=O) groups is 2. The fraction of sp³-hybridized carbons (Fsp3) is 0.143. The predicted molar refractivity (Wildman–Crippen MR) is 50.4 cm³/mol. The lowest BCUT2D eigenvalue weighted by atomic mass is 10.3. The fourth-order valence-electron chi connectivity index (χ4n) is 0.611. The van der Waals surface area contributed by atoms with Gasteiger partial charge in [0.05, 0.1) is 12.4 Å². The Morgan fingerprint density at radius 2 is 1.75 bits per heavy atom. The highest BCUT2D eigenvalue weighted by Gasteiger charge is 2.05. The highest BCUT2D eigenvalue weighted by Crippen LogP contribution is 2.01. The van der Waals surface area contributed by atoms with Crippen molar-refractivity contribution < 1.29 is 9.59 Å². The lowest BCUT2D eigenvalue weighted by Crippen LogP contribution is -2.01. The minimum Gasteiger partial charge on any atom is -0.293 e. The molecule has 0 N–H and O–H groups in total. The lowest BCUT2D eigenvalue weighted by Gasteiger charge is -1.94. The average molecular weight is 276 g/mol. The summed E-state index contributed by atoms with van der Waals surface area (Å²) in [6, 6.07) is 0. The van der Waals surface area contributed by atoms with Crippen molar-refractivity contribution >= 4 is 32.2 Å². The summed E-state index contributed by atoms with van der Waals surface area (Å²) < 4.78 is -0.185. The fourth-order valence-corrected chi connectivity index (χ4v) is 0.890. The van der Waals surface area contributed by atoms with Gasteiger partial charge in [0.15, 0.2) is 5.78 Å². The maximum absolute atomic E-state index is 10.7. The quantitative estimate of drug-likeness (QED) is 0.463. The average Bonchev–Trinajstić information content (AvgIpc) is 2.04. The summed E-state index contributed by atoms with van der Waals surface area (Å²) in [5.74, 6) is -0.157. The maximum atomic E-state index is 10.7. The van der Waals surface area contributed by atoms with Crippen LogP contribution in [0.15, 0.2) is 12.4 Å². The van der Waals surface area contributed by atoms with E-state index >= 15 is 0 Å². The highest BCUT2D eigenvalue weighted by atomic mass is 127. The van der Waals surface area contributed by atoms with Crippen LogP contribution in [0.4, 0.5) is 0 Å². The maximum Gasteiger partial charge on any atom is 0.242 e. The SMILES string of the molecule is CC(=O)c1cnc(C(=O)I)cn1. The van der Waals surface area contributed by atoms with Crippen molar-refractivity contribution in [2.75, 3.05) is 0 Å². The molecule has 0 aliphatic carbocycles. The molecule has 0 aliphatic heterocycles. The molecule has 0 saturated carbocycles. The van der Waals surface area contributed by atoms with Crippen LogP contribution in [0.25, 0.3) is 0 Å². The third-order valence-electron chi connectivity index (χ3n) is 1.21.